The van der Waals surface area contributed by atoms with E-state index in [4.69, 9.17) is 9.15 Å². The molecule has 6 heteroatoms. The van der Waals surface area contributed by atoms with Crippen LogP contribution >= 0.6 is 0 Å². The third-order valence-electron chi connectivity index (χ3n) is 5.80. The molecule has 2 bridgehead atoms. The Kier molecular flexibility index (Phi) is 5.86. The summed E-state index contributed by atoms with van der Waals surface area (Å²) in [5.74, 6) is 1.83. The van der Waals surface area contributed by atoms with Gasteiger partial charge in [0.15, 0.2) is 0 Å². The molecule has 0 radical (unpaired) electrons. The second-order valence-corrected chi connectivity index (χ2v) is 7.71. The molecule has 0 spiro atoms. The molecule has 4 rings (SSSR count). The quantitative estimate of drug-likeness (QED) is 0.777. The van der Waals surface area contributed by atoms with E-state index in [0.29, 0.717) is 18.7 Å². The van der Waals surface area contributed by atoms with Gasteiger partial charge in [-0.1, -0.05) is 6.42 Å². The molecule has 2 unspecified atom stereocenters. The summed E-state index contributed by atoms with van der Waals surface area (Å²) >= 11 is 0. The second kappa shape index (κ2) is 8.69. The average molecular weight is 383 g/mol. The fraction of sp³-hybridized carbons (Fsp3) is 0.500. The van der Waals surface area contributed by atoms with Crippen LogP contribution in [0.4, 0.5) is 10.5 Å². The van der Waals surface area contributed by atoms with Crippen molar-refractivity contribution in [1.82, 2.24) is 10.2 Å². The summed E-state index contributed by atoms with van der Waals surface area (Å²) in [4.78, 5) is 15.0. The second-order valence-electron chi connectivity index (χ2n) is 7.71. The van der Waals surface area contributed by atoms with E-state index in [1.165, 1.54) is 19.3 Å². The first kappa shape index (κ1) is 18.9. The summed E-state index contributed by atoms with van der Waals surface area (Å²) in [5, 5.41) is 6.12. The van der Waals surface area contributed by atoms with Crippen molar-refractivity contribution in [2.75, 3.05) is 11.9 Å². The first-order valence-electron chi connectivity index (χ1n) is 10.3. The minimum absolute atomic E-state index is 0.133. The Morgan fingerprint density at radius 3 is 2.57 bits per heavy atom. The van der Waals surface area contributed by atoms with Crippen LogP contribution in [0.1, 0.15) is 44.8 Å². The zero-order valence-corrected chi connectivity index (χ0v) is 16.4. The Balaban J connectivity index is 1.31. The molecule has 2 saturated heterocycles. The standard InChI is InChI=1S/C22H29N3O3/c1-2-27-20-10-8-16(9-11-20)23-22(26)24-17-13-18-5-3-6-19(14-17)25(18)15-21-7-4-12-28-21/h4,7-12,17-19H,2-3,5-6,13-15H2,1H3,(H2,23,24,26). The largest absolute Gasteiger partial charge is 0.494 e. The van der Waals surface area contributed by atoms with Crippen molar-refractivity contribution in [2.24, 2.45) is 0 Å². The molecular formula is C22H29N3O3. The highest BCUT2D eigenvalue weighted by Crippen LogP contribution is 2.35. The van der Waals surface area contributed by atoms with Crippen LogP contribution in [0.3, 0.4) is 0 Å². The van der Waals surface area contributed by atoms with Crippen molar-refractivity contribution in [1.29, 1.82) is 0 Å². The van der Waals surface area contributed by atoms with E-state index in [1.807, 2.05) is 43.3 Å². The molecule has 2 fully saturated rings. The molecule has 1 aromatic carbocycles. The van der Waals surface area contributed by atoms with Crippen molar-refractivity contribution in [3.05, 3.63) is 48.4 Å². The first-order valence-corrected chi connectivity index (χ1v) is 10.3. The fourth-order valence-corrected chi connectivity index (χ4v) is 4.59. The SMILES string of the molecule is CCOc1ccc(NC(=O)NC2CC3CCCC(C2)N3Cc2ccco2)cc1. The smallest absolute Gasteiger partial charge is 0.319 e. The lowest BCUT2D eigenvalue weighted by Crippen LogP contribution is -2.56. The van der Waals surface area contributed by atoms with E-state index in [-0.39, 0.29) is 12.1 Å². The molecule has 2 aliphatic heterocycles. The molecule has 150 valence electrons. The van der Waals surface area contributed by atoms with Gasteiger partial charge in [0.25, 0.3) is 0 Å². The molecule has 1 aromatic heterocycles. The van der Waals surface area contributed by atoms with Gasteiger partial charge in [0, 0.05) is 23.8 Å². The molecule has 28 heavy (non-hydrogen) atoms. The lowest BCUT2D eigenvalue weighted by molar-refractivity contribution is 0.0150. The van der Waals surface area contributed by atoms with Crippen LogP contribution in [-0.2, 0) is 6.54 Å². The van der Waals surface area contributed by atoms with Crippen LogP contribution in [0.15, 0.2) is 47.1 Å². The van der Waals surface area contributed by atoms with Gasteiger partial charge in [-0.3, -0.25) is 4.90 Å². The van der Waals surface area contributed by atoms with Crippen LogP contribution in [0.25, 0.3) is 0 Å². The minimum Gasteiger partial charge on any atom is -0.494 e. The number of fused-ring (bicyclic) bond motifs is 2. The molecule has 2 N–H and O–H groups in total. The number of carbonyl (C=O) groups is 1. The Hall–Kier alpha value is -2.47. The van der Waals surface area contributed by atoms with E-state index < -0.39 is 0 Å². The molecular weight excluding hydrogens is 354 g/mol. The van der Waals surface area contributed by atoms with Crippen LogP contribution in [0.5, 0.6) is 5.75 Å². The molecule has 3 heterocycles. The zero-order valence-electron chi connectivity index (χ0n) is 16.4. The number of anilines is 1. The highest BCUT2D eigenvalue weighted by Gasteiger charge is 2.38. The Labute approximate surface area is 166 Å². The molecule has 2 atom stereocenters. The molecule has 6 nitrogen and oxygen atoms in total. The van der Waals surface area contributed by atoms with E-state index in [2.05, 4.69) is 15.5 Å². The van der Waals surface area contributed by atoms with Gasteiger partial charge in [-0.05, 0) is 69.0 Å². The van der Waals surface area contributed by atoms with Gasteiger partial charge in [-0.15, -0.1) is 0 Å². The predicted octanol–water partition coefficient (Wildman–Crippen LogP) is 4.39. The number of amides is 2. The molecule has 0 saturated carbocycles. The molecule has 2 aliphatic rings. The molecule has 0 aliphatic carbocycles. The third-order valence-corrected chi connectivity index (χ3v) is 5.80. The number of rotatable bonds is 6. The van der Waals surface area contributed by atoms with E-state index in [0.717, 1.165) is 36.6 Å². The number of furan rings is 1. The van der Waals surface area contributed by atoms with Gasteiger partial charge in [-0.2, -0.15) is 0 Å². The maximum Gasteiger partial charge on any atom is 0.319 e. The summed E-state index contributed by atoms with van der Waals surface area (Å²) < 4.78 is 11.0. The maximum absolute atomic E-state index is 12.5. The van der Waals surface area contributed by atoms with Gasteiger partial charge in [0.1, 0.15) is 11.5 Å². The van der Waals surface area contributed by atoms with Gasteiger partial charge < -0.3 is 19.8 Å². The van der Waals surface area contributed by atoms with Gasteiger partial charge >= 0.3 is 6.03 Å². The van der Waals surface area contributed by atoms with Crippen LogP contribution in [0, 0.1) is 0 Å². The average Bonchev–Trinajstić information content (AvgIpc) is 3.17. The van der Waals surface area contributed by atoms with Crippen molar-refractivity contribution < 1.29 is 13.9 Å². The summed E-state index contributed by atoms with van der Waals surface area (Å²) in [7, 11) is 0. The molecule has 2 amide bonds. The summed E-state index contributed by atoms with van der Waals surface area (Å²) in [6, 6.07) is 12.6. The Morgan fingerprint density at radius 1 is 1.18 bits per heavy atom. The number of nitrogens with one attached hydrogen (secondary N) is 2. The summed E-state index contributed by atoms with van der Waals surface area (Å²) in [6.07, 6.45) is 7.38. The Bertz CT molecular complexity index is 746. The van der Waals surface area contributed by atoms with Gasteiger partial charge in [-0.25, -0.2) is 4.79 Å². The number of ether oxygens (including phenoxy) is 1. The third kappa shape index (κ3) is 4.50. The number of piperidine rings is 2. The monoisotopic (exact) mass is 383 g/mol. The normalized spacial score (nSPS) is 24.5. The van der Waals surface area contributed by atoms with E-state index in [9.17, 15) is 4.79 Å². The van der Waals surface area contributed by atoms with Crippen LogP contribution in [-0.4, -0.2) is 35.7 Å². The topological polar surface area (TPSA) is 66.7 Å². The maximum atomic E-state index is 12.5. The number of benzene rings is 1. The number of nitrogens with zero attached hydrogens (tertiary/aromatic N) is 1. The van der Waals surface area contributed by atoms with Crippen molar-refractivity contribution in [3.8, 4) is 5.75 Å². The highest BCUT2D eigenvalue weighted by molar-refractivity contribution is 5.89. The Morgan fingerprint density at radius 2 is 1.93 bits per heavy atom. The number of carbonyl (C=O) groups excluding carboxylic acids is 1. The fourth-order valence-electron chi connectivity index (χ4n) is 4.59. The predicted molar refractivity (Wildman–Crippen MR) is 108 cm³/mol. The van der Waals surface area contributed by atoms with E-state index >= 15 is 0 Å². The van der Waals surface area contributed by atoms with Crippen molar-refractivity contribution in [3.63, 3.8) is 0 Å². The van der Waals surface area contributed by atoms with Crippen molar-refractivity contribution >= 4 is 11.7 Å². The van der Waals surface area contributed by atoms with Crippen molar-refractivity contribution in [2.45, 2.75) is 63.7 Å². The zero-order chi connectivity index (χ0) is 19.3. The lowest BCUT2D eigenvalue weighted by atomic mass is 9.81. The summed E-state index contributed by atoms with van der Waals surface area (Å²) in [6.45, 7) is 3.45. The highest BCUT2D eigenvalue weighted by atomic mass is 16.5. The van der Waals surface area contributed by atoms with E-state index in [1.54, 1.807) is 6.26 Å². The number of urea groups is 1. The van der Waals surface area contributed by atoms with Gasteiger partial charge in [0.05, 0.1) is 19.4 Å². The summed E-state index contributed by atoms with van der Waals surface area (Å²) in [5.41, 5.74) is 0.774. The van der Waals surface area contributed by atoms with Gasteiger partial charge in [0.2, 0.25) is 0 Å². The van der Waals surface area contributed by atoms with Crippen LogP contribution in [0.2, 0.25) is 0 Å². The minimum atomic E-state index is -0.133. The number of hydrogen-bond donors (Lipinski definition) is 2. The lowest BCUT2D eigenvalue weighted by Gasteiger charge is -2.48. The van der Waals surface area contributed by atoms with Crippen LogP contribution < -0.4 is 15.4 Å². The number of hydrogen-bond acceptors (Lipinski definition) is 4. The molecule has 2 aromatic rings. The first-order chi connectivity index (χ1) is 13.7.